The first-order chi connectivity index (χ1) is 17.6. The van der Waals surface area contributed by atoms with E-state index in [0.717, 1.165) is 35.0 Å². The van der Waals surface area contributed by atoms with Crippen LogP contribution in [0.2, 0.25) is 0 Å². The van der Waals surface area contributed by atoms with Crippen molar-refractivity contribution in [1.29, 1.82) is 0 Å². The number of anilines is 3. The van der Waals surface area contributed by atoms with Gasteiger partial charge < -0.3 is 21.1 Å². The monoisotopic (exact) mass is 534 g/mol. The fourth-order valence-corrected chi connectivity index (χ4v) is 5.23. The molecule has 13 heteroatoms. The van der Waals surface area contributed by atoms with Gasteiger partial charge in [-0.3, -0.25) is 4.79 Å². The van der Waals surface area contributed by atoms with Crippen molar-refractivity contribution in [3.05, 3.63) is 47.4 Å². The predicted octanol–water partition coefficient (Wildman–Crippen LogP) is 5.86. The van der Waals surface area contributed by atoms with Crippen molar-refractivity contribution in [1.82, 2.24) is 20.3 Å². The number of nitrogens with zero attached hydrogens (tertiary/aromatic N) is 3. The highest BCUT2D eigenvalue weighted by atomic mass is 32.1. The summed E-state index contributed by atoms with van der Waals surface area (Å²) in [6, 6.07) is 5.38. The van der Waals surface area contributed by atoms with Crippen LogP contribution in [0.4, 0.5) is 35.3 Å². The lowest BCUT2D eigenvalue weighted by Crippen LogP contribution is -2.28. The molecule has 4 N–H and O–H groups in total. The second-order valence-corrected chi connectivity index (χ2v) is 9.68. The molecule has 1 aromatic carbocycles. The Kier molecular flexibility index (Phi) is 7.91. The molecule has 9 nitrogen and oxygen atoms in total. The molecule has 0 radical (unpaired) electrons. The lowest BCUT2D eigenvalue weighted by atomic mass is 9.82. The molecule has 1 aliphatic rings. The van der Waals surface area contributed by atoms with Crippen molar-refractivity contribution in [2.24, 2.45) is 5.92 Å². The molecule has 0 aliphatic heterocycles. The first kappa shape index (κ1) is 26.3. The molecule has 0 spiro atoms. The molecule has 2 amide bonds. The van der Waals surface area contributed by atoms with Gasteiger partial charge in [-0.05, 0) is 62.4 Å². The average Bonchev–Trinajstić information content (AvgIpc) is 3.34. The number of aromatic nitrogens is 3. The van der Waals surface area contributed by atoms with Crippen LogP contribution in [-0.4, -0.2) is 38.6 Å². The minimum Gasteiger partial charge on any atom is -0.481 e. The van der Waals surface area contributed by atoms with E-state index in [2.05, 4.69) is 30.9 Å². The Balaban J connectivity index is 1.61. The number of aliphatic carboxylic acids is 1. The number of urea groups is 1. The third-order valence-electron chi connectivity index (χ3n) is 5.96. The SMILES string of the molecule is CCNC(=O)Nc1cc(Nc2nccc(C(F)(F)F)n2)cc(-c2cnc(C3CCC(C(=O)O)CC3)s2)c1. The largest absolute Gasteiger partial charge is 0.481 e. The van der Waals surface area contributed by atoms with Crippen LogP contribution in [0.5, 0.6) is 0 Å². The molecule has 0 atom stereocenters. The van der Waals surface area contributed by atoms with Crippen LogP contribution in [0, 0.1) is 5.92 Å². The Hall–Kier alpha value is -3.74. The third kappa shape index (κ3) is 6.73. The van der Waals surface area contributed by atoms with Gasteiger partial charge in [-0.15, -0.1) is 11.3 Å². The molecule has 196 valence electrons. The average molecular weight is 535 g/mol. The maximum atomic E-state index is 13.1. The second kappa shape index (κ2) is 11.1. The molecule has 1 fully saturated rings. The molecule has 3 aromatic rings. The molecule has 0 bridgehead atoms. The van der Waals surface area contributed by atoms with Crippen LogP contribution >= 0.6 is 11.3 Å². The summed E-state index contributed by atoms with van der Waals surface area (Å²) in [5.74, 6) is -1.16. The number of carbonyl (C=O) groups excluding carboxylic acids is 1. The van der Waals surface area contributed by atoms with Crippen molar-refractivity contribution < 1.29 is 27.9 Å². The highest BCUT2D eigenvalue weighted by molar-refractivity contribution is 7.15. The van der Waals surface area contributed by atoms with Crippen LogP contribution < -0.4 is 16.0 Å². The van der Waals surface area contributed by atoms with Gasteiger partial charge >= 0.3 is 18.2 Å². The molecule has 2 heterocycles. The zero-order valence-electron chi connectivity index (χ0n) is 19.8. The summed E-state index contributed by atoms with van der Waals surface area (Å²) < 4.78 is 39.2. The number of carboxylic acid groups (broad SMARTS) is 1. The van der Waals surface area contributed by atoms with E-state index in [4.69, 9.17) is 0 Å². The number of benzene rings is 1. The molecule has 1 aliphatic carbocycles. The highest BCUT2D eigenvalue weighted by Gasteiger charge is 2.33. The van der Waals surface area contributed by atoms with Gasteiger partial charge in [0.05, 0.1) is 15.8 Å². The molecule has 2 aromatic heterocycles. The summed E-state index contributed by atoms with van der Waals surface area (Å²) in [5, 5.41) is 18.3. The zero-order valence-corrected chi connectivity index (χ0v) is 20.6. The van der Waals surface area contributed by atoms with Crippen LogP contribution in [-0.2, 0) is 11.0 Å². The van der Waals surface area contributed by atoms with E-state index in [1.54, 1.807) is 31.3 Å². The van der Waals surface area contributed by atoms with Gasteiger partial charge in [-0.2, -0.15) is 13.2 Å². The molecule has 0 saturated heterocycles. The number of carbonyl (C=O) groups is 2. The minimum atomic E-state index is -4.62. The number of hydrogen-bond donors (Lipinski definition) is 4. The van der Waals surface area contributed by atoms with E-state index in [-0.39, 0.29) is 17.8 Å². The number of rotatable bonds is 7. The third-order valence-corrected chi connectivity index (χ3v) is 7.17. The Morgan fingerprint density at radius 2 is 1.84 bits per heavy atom. The molecule has 4 rings (SSSR count). The summed E-state index contributed by atoms with van der Waals surface area (Å²) in [6.07, 6.45) is 0.793. The highest BCUT2D eigenvalue weighted by Crippen LogP contribution is 2.40. The molecule has 37 heavy (non-hydrogen) atoms. The summed E-state index contributed by atoms with van der Waals surface area (Å²) in [6.45, 7) is 2.19. The lowest BCUT2D eigenvalue weighted by molar-refractivity contribution is -0.143. The van der Waals surface area contributed by atoms with Gasteiger partial charge in [0.2, 0.25) is 5.95 Å². The van der Waals surface area contributed by atoms with Crippen molar-refractivity contribution in [2.75, 3.05) is 17.2 Å². The topological polar surface area (TPSA) is 129 Å². The maximum absolute atomic E-state index is 13.1. The number of hydrogen-bond acceptors (Lipinski definition) is 7. The zero-order chi connectivity index (χ0) is 26.6. The number of amides is 2. The van der Waals surface area contributed by atoms with Gasteiger partial charge in [0.25, 0.3) is 0 Å². The van der Waals surface area contributed by atoms with Crippen molar-refractivity contribution in [3.63, 3.8) is 0 Å². The van der Waals surface area contributed by atoms with Gasteiger partial charge in [-0.1, -0.05) is 0 Å². The fraction of sp³-hybridized carbons (Fsp3) is 0.375. The van der Waals surface area contributed by atoms with E-state index >= 15 is 0 Å². The second-order valence-electron chi connectivity index (χ2n) is 8.62. The van der Waals surface area contributed by atoms with Gasteiger partial charge in [-0.25, -0.2) is 19.7 Å². The summed E-state index contributed by atoms with van der Waals surface area (Å²) >= 11 is 1.47. The van der Waals surface area contributed by atoms with Crippen molar-refractivity contribution in [2.45, 2.75) is 44.7 Å². The lowest BCUT2D eigenvalue weighted by Gasteiger charge is -2.24. The van der Waals surface area contributed by atoms with Gasteiger partial charge in [0.15, 0.2) is 0 Å². The predicted molar refractivity (Wildman–Crippen MR) is 133 cm³/mol. The number of halogens is 3. The molecule has 1 saturated carbocycles. The quantitative estimate of drug-likeness (QED) is 0.299. The number of alkyl halides is 3. The Bertz CT molecular complexity index is 1270. The van der Waals surface area contributed by atoms with E-state index in [0.29, 0.717) is 36.3 Å². The fourth-order valence-electron chi connectivity index (χ4n) is 4.15. The normalized spacial score (nSPS) is 17.7. The summed E-state index contributed by atoms with van der Waals surface area (Å²) in [7, 11) is 0. The van der Waals surface area contributed by atoms with Gasteiger partial charge in [0, 0.05) is 36.2 Å². The number of nitrogens with one attached hydrogen (secondary N) is 3. The maximum Gasteiger partial charge on any atom is 0.433 e. The van der Waals surface area contributed by atoms with E-state index in [1.807, 2.05) is 0 Å². The summed E-state index contributed by atoms with van der Waals surface area (Å²) in [4.78, 5) is 36.2. The van der Waals surface area contributed by atoms with E-state index < -0.39 is 23.9 Å². The summed E-state index contributed by atoms with van der Waals surface area (Å²) in [5.41, 5.74) is 0.397. The number of carboxylic acids is 1. The van der Waals surface area contributed by atoms with Crippen LogP contribution in [0.25, 0.3) is 10.4 Å². The Morgan fingerprint density at radius 3 is 2.51 bits per heavy atom. The number of thiazole rings is 1. The Labute approximate surface area is 214 Å². The van der Waals surface area contributed by atoms with Crippen LogP contribution in [0.15, 0.2) is 36.7 Å². The molecular weight excluding hydrogens is 509 g/mol. The van der Waals surface area contributed by atoms with Crippen molar-refractivity contribution in [3.8, 4) is 10.4 Å². The van der Waals surface area contributed by atoms with Crippen LogP contribution in [0.3, 0.4) is 0 Å². The van der Waals surface area contributed by atoms with Crippen LogP contribution in [0.1, 0.15) is 49.2 Å². The first-order valence-corrected chi connectivity index (χ1v) is 12.5. The van der Waals surface area contributed by atoms with Crippen molar-refractivity contribution >= 4 is 40.7 Å². The minimum absolute atomic E-state index is 0.169. The van der Waals surface area contributed by atoms with Gasteiger partial charge in [0.1, 0.15) is 5.69 Å². The smallest absolute Gasteiger partial charge is 0.433 e. The molecular formula is C24H25F3N6O3S. The molecule has 0 unspecified atom stereocenters. The van der Waals surface area contributed by atoms with E-state index in [9.17, 15) is 27.9 Å². The first-order valence-electron chi connectivity index (χ1n) is 11.7. The Morgan fingerprint density at radius 1 is 1.11 bits per heavy atom. The standard InChI is InChI=1S/C24H25F3N6O3S/c1-2-28-23(36)32-17-10-15(9-16(11-17)31-22-29-8-7-19(33-22)24(25,26)27)18-12-30-20(37-18)13-3-5-14(6-4-13)21(34)35/h7-14H,2-6H2,1H3,(H,34,35)(H2,28,32,36)(H,29,31,33). The van der Waals surface area contributed by atoms with E-state index in [1.165, 1.54) is 11.3 Å².